The van der Waals surface area contributed by atoms with Crippen molar-refractivity contribution < 1.29 is 0 Å². The summed E-state index contributed by atoms with van der Waals surface area (Å²) in [6.07, 6.45) is 3.46. The molecule has 33 heavy (non-hydrogen) atoms. The van der Waals surface area contributed by atoms with E-state index in [0.717, 1.165) is 12.0 Å². The van der Waals surface area contributed by atoms with Crippen LogP contribution < -0.4 is 0 Å². The Labute approximate surface area is 212 Å². The summed E-state index contributed by atoms with van der Waals surface area (Å²) in [5, 5.41) is 0.630. The third-order valence-electron chi connectivity index (χ3n) is 5.34. The molecule has 5 heteroatoms. The molecular formula is C28H46GeN3P. The molecule has 0 aliphatic heterocycles. The zero-order chi connectivity index (χ0) is 25.2. The number of aliphatic imine (C=N–C) groups is 1. The topological polar surface area (TPSA) is 20.5 Å². The Morgan fingerprint density at radius 1 is 0.818 bits per heavy atom. The van der Waals surface area contributed by atoms with Crippen LogP contribution in [0.5, 0.6) is 0 Å². The van der Waals surface area contributed by atoms with Crippen molar-refractivity contribution in [2.24, 2.45) is 4.99 Å². The molecule has 1 heterocycles. The van der Waals surface area contributed by atoms with Crippen molar-refractivity contribution in [3.8, 4) is 0 Å². The van der Waals surface area contributed by atoms with Crippen LogP contribution in [0, 0.1) is 0 Å². The summed E-state index contributed by atoms with van der Waals surface area (Å²) in [5.41, 5.74) is 2.50. The SMILES string of the molecule is CC(C)(C)N=C(c1ccccc1)[N]([Ge][n]1cccc1CP(C(C)(C)C)C(C)(C)C)C(C)(C)C. The van der Waals surface area contributed by atoms with Crippen LogP contribution in [0.15, 0.2) is 53.7 Å². The van der Waals surface area contributed by atoms with E-state index < -0.39 is 15.9 Å². The first-order chi connectivity index (χ1) is 14.9. The molecular weight excluding hydrogens is 482 g/mol. The average molecular weight is 528 g/mol. The van der Waals surface area contributed by atoms with Gasteiger partial charge in [0.05, 0.1) is 0 Å². The molecule has 1 aromatic carbocycles. The van der Waals surface area contributed by atoms with Crippen LogP contribution in [0.3, 0.4) is 0 Å². The predicted molar refractivity (Wildman–Crippen MR) is 150 cm³/mol. The Hall–Kier alpha value is -1.06. The van der Waals surface area contributed by atoms with Gasteiger partial charge in [0.2, 0.25) is 0 Å². The number of nitrogens with zero attached hydrogens (tertiary/aromatic N) is 3. The number of hydrogen-bond acceptors (Lipinski definition) is 1. The van der Waals surface area contributed by atoms with Crippen molar-refractivity contribution in [3.63, 3.8) is 0 Å². The number of benzene rings is 1. The normalized spacial score (nSPS) is 14.2. The van der Waals surface area contributed by atoms with Crippen LogP contribution in [-0.4, -0.2) is 50.5 Å². The predicted octanol–water partition coefficient (Wildman–Crippen LogP) is 7.80. The molecule has 0 bridgehead atoms. The maximum atomic E-state index is 5.26. The van der Waals surface area contributed by atoms with Crippen LogP contribution in [0.4, 0.5) is 0 Å². The fourth-order valence-electron chi connectivity index (χ4n) is 4.06. The number of aromatic nitrogens is 1. The Morgan fingerprint density at radius 2 is 1.36 bits per heavy atom. The number of rotatable bonds is 5. The van der Waals surface area contributed by atoms with E-state index in [1.165, 1.54) is 11.3 Å². The van der Waals surface area contributed by atoms with Gasteiger partial charge in [-0.05, 0) is 0 Å². The number of hydrogen-bond donors (Lipinski definition) is 0. The fraction of sp³-hybridized carbons (Fsp3) is 0.607. The Kier molecular flexibility index (Phi) is 8.78. The van der Waals surface area contributed by atoms with E-state index in [1.807, 2.05) is 0 Å². The molecule has 0 atom stereocenters. The average Bonchev–Trinajstić information content (AvgIpc) is 3.06. The van der Waals surface area contributed by atoms with Crippen molar-refractivity contribution in [2.45, 2.75) is 111 Å². The summed E-state index contributed by atoms with van der Waals surface area (Å²) in [7, 11) is -0.193. The monoisotopic (exact) mass is 529 g/mol. The van der Waals surface area contributed by atoms with Gasteiger partial charge < -0.3 is 0 Å². The first-order valence-corrected chi connectivity index (χ1v) is 15.5. The first kappa shape index (κ1) is 28.2. The first-order valence-electron chi connectivity index (χ1n) is 12.1. The van der Waals surface area contributed by atoms with Gasteiger partial charge in [0, 0.05) is 0 Å². The molecule has 0 saturated carbocycles. The summed E-state index contributed by atoms with van der Waals surface area (Å²) in [6, 6.07) is 15.3. The van der Waals surface area contributed by atoms with Crippen LogP contribution in [0.2, 0.25) is 0 Å². The second-order valence-electron chi connectivity index (χ2n) is 12.9. The van der Waals surface area contributed by atoms with E-state index in [9.17, 15) is 0 Å². The molecule has 2 rings (SSSR count). The van der Waals surface area contributed by atoms with Crippen LogP contribution in [0.25, 0.3) is 0 Å². The maximum absolute atomic E-state index is 5.26. The molecule has 2 radical (unpaired) electrons. The van der Waals surface area contributed by atoms with Gasteiger partial charge in [-0.25, -0.2) is 0 Å². The molecule has 0 saturated heterocycles. The van der Waals surface area contributed by atoms with E-state index in [1.54, 1.807) is 0 Å². The van der Waals surface area contributed by atoms with Crippen molar-refractivity contribution in [1.82, 2.24) is 7.38 Å². The van der Waals surface area contributed by atoms with Crippen molar-refractivity contribution in [3.05, 3.63) is 59.9 Å². The second-order valence-corrected chi connectivity index (χ2v) is 19.1. The minimum absolute atomic E-state index is 0.0275. The second kappa shape index (κ2) is 10.3. The minimum atomic E-state index is -0.686. The molecule has 2 aromatic rings. The Balaban J connectivity index is 2.52. The van der Waals surface area contributed by atoms with E-state index in [-0.39, 0.29) is 19.0 Å². The summed E-state index contributed by atoms with van der Waals surface area (Å²) >= 11 is -0.686. The van der Waals surface area contributed by atoms with E-state index in [0.29, 0.717) is 10.3 Å². The van der Waals surface area contributed by atoms with Gasteiger partial charge in [0.25, 0.3) is 0 Å². The molecule has 3 nitrogen and oxygen atoms in total. The molecule has 0 aliphatic carbocycles. The Bertz CT molecular complexity index is 905. The number of amidine groups is 1. The fourth-order valence-corrected chi connectivity index (χ4v) is 10.4. The van der Waals surface area contributed by atoms with E-state index >= 15 is 0 Å². The van der Waals surface area contributed by atoms with Gasteiger partial charge in [-0.15, -0.1) is 0 Å². The molecule has 182 valence electrons. The third-order valence-corrected chi connectivity index (χ3v) is 12.9. The Morgan fingerprint density at radius 3 is 1.82 bits per heavy atom. The van der Waals surface area contributed by atoms with E-state index in [4.69, 9.17) is 4.99 Å². The molecule has 0 N–H and O–H groups in total. The summed E-state index contributed by atoms with van der Waals surface area (Å²) in [6.45, 7) is 28.0. The van der Waals surface area contributed by atoms with Gasteiger partial charge in [0.1, 0.15) is 0 Å². The standard InChI is InChI=1S/C28H46GeN3P/c1-25(2,3)30-24(22-17-14-13-15-18-22)32(26(4,5)6)29-31-20-16-19-23(31)21-33(27(7,8)9)28(10,11)12/h13-20H,21H2,1-12H3. The molecule has 0 aliphatic rings. The van der Waals surface area contributed by atoms with Crippen molar-refractivity contribution in [1.29, 1.82) is 0 Å². The van der Waals surface area contributed by atoms with Gasteiger partial charge in [-0.1, -0.05) is 0 Å². The molecule has 0 unspecified atom stereocenters. The molecule has 0 spiro atoms. The van der Waals surface area contributed by atoms with Crippen molar-refractivity contribution >= 4 is 29.6 Å². The molecule has 0 fully saturated rings. The van der Waals surface area contributed by atoms with Crippen LogP contribution in [0.1, 0.15) is 94.3 Å². The van der Waals surface area contributed by atoms with Crippen LogP contribution in [-0.2, 0) is 6.16 Å². The zero-order valence-corrected chi connectivity index (χ0v) is 26.1. The quantitative estimate of drug-likeness (QED) is 0.168. The van der Waals surface area contributed by atoms with Gasteiger partial charge in [-0.2, -0.15) is 0 Å². The van der Waals surface area contributed by atoms with Crippen LogP contribution >= 0.6 is 7.92 Å². The molecule has 1 aromatic heterocycles. The van der Waals surface area contributed by atoms with Gasteiger partial charge in [-0.3, -0.25) is 0 Å². The summed E-state index contributed by atoms with van der Waals surface area (Å²) in [4.78, 5) is 5.26. The molecule has 0 amide bonds. The zero-order valence-electron chi connectivity index (χ0n) is 23.1. The summed E-state index contributed by atoms with van der Waals surface area (Å²) < 4.78 is 5.16. The van der Waals surface area contributed by atoms with Gasteiger partial charge >= 0.3 is 213 Å². The van der Waals surface area contributed by atoms with Crippen molar-refractivity contribution in [2.75, 3.05) is 0 Å². The summed E-state index contributed by atoms with van der Waals surface area (Å²) in [5.74, 6) is 1.11. The van der Waals surface area contributed by atoms with E-state index in [2.05, 4.69) is 139 Å². The van der Waals surface area contributed by atoms with Gasteiger partial charge in [0.15, 0.2) is 0 Å². The third kappa shape index (κ3) is 8.28.